The minimum Gasteiger partial charge on any atom is -0.353 e. The van der Waals surface area contributed by atoms with Gasteiger partial charge < -0.3 is 10.2 Å². The summed E-state index contributed by atoms with van der Waals surface area (Å²) in [5, 5.41) is 5.09. The molecule has 1 aromatic carbocycles. The first kappa shape index (κ1) is 20.6. The fourth-order valence-corrected chi connectivity index (χ4v) is 4.76. The number of benzene rings is 1. The number of aryl methyl sites for hydroxylation is 1. The van der Waals surface area contributed by atoms with Gasteiger partial charge in [-0.2, -0.15) is 0 Å². The molecule has 0 unspecified atom stereocenters. The van der Waals surface area contributed by atoms with Crippen LogP contribution < -0.4 is 15.8 Å². The van der Waals surface area contributed by atoms with Gasteiger partial charge in [0.1, 0.15) is 4.70 Å². The highest BCUT2D eigenvalue weighted by Gasteiger charge is 2.28. The van der Waals surface area contributed by atoms with Crippen molar-refractivity contribution in [3.05, 3.63) is 45.6 Å². The first-order valence-electron chi connectivity index (χ1n) is 10.6. The molecule has 1 aliphatic rings. The quantitative estimate of drug-likeness (QED) is 0.647. The number of thiophene rings is 1. The van der Waals surface area contributed by atoms with E-state index in [1.54, 1.807) is 0 Å². The van der Waals surface area contributed by atoms with Crippen LogP contribution in [0, 0.1) is 12.8 Å². The zero-order valence-corrected chi connectivity index (χ0v) is 18.5. The van der Waals surface area contributed by atoms with E-state index in [-0.39, 0.29) is 23.4 Å². The molecule has 0 bridgehead atoms. The van der Waals surface area contributed by atoms with Crippen molar-refractivity contribution in [1.82, 2.24) is 15.3 Å². The van der Waals surface area contributed by atoms with Crippen LogP contribution in [0.2, 0.25) is 0 Å². The second kappa shape index (κ2) is 8.60. The van der Waals surface area contributed by atoms with E-state index in [1.165, 1.54) is 16.9 Å². The Morgan fingerprint density at radius 2 is 2.13 bits per heavy atom. The number of fused-ring (bicyclic) bond motifs is 1. The van der Waals surface area contributed by atoms with E-state index in [2.05, 4.69) is 48.4 Å². The van der Waals surface area contributed by atoms with Gasteiger partial charge in [-0.15, -0.1) is 11.3 Å². The maximum atomic E-state index is 12.7. The van der Waals surface area contributed by atoms with Crippen LogP contribution in [-0.2, 0) is 4.79 Å². The smallest absolute Gasteiger partial charge is 0.270 e. The largest absolute Gasteiger partial charge is 0.353 e. The van der Waals surface area contributed by atoms with Gasteiger partial charge in [-0.05, 0) is 38.7 Å². The Morgan fingerprint density at radius 3 is 2.87 bits per heavy atom. The summed E-state index contributed by atoms with van der Waals surface area (Å²) >= 11 is 1.42. The van der Waals surface area contributed by atoms with Gasteiger partial charge in [0.25, 0.3) is 5.56 Å². The average Bonchev–Trinajstić information content (AvgIpc) is 3.19. The molecule has 3 aromatic rings. The van der Waals surface area contributed by atoms with Gasteiger partial charge in [-0.1, -0.05) is 36.8 Å². The third-order valence-corrected chi connectivity index (χ3v) is 6.84. The van der Waals surface area contributed by atoms with Crippen LogP contribution in [0.3, 0.4) is 0 Å². The third-order valence-electron chi connectivity index (χ3n) is 5.87. The molecular formula is C23H28N4O2S. The molecule has 2 N–H and O–H groups in total. The molecule has 0 radical (unpaired) electrons. The lowest BCUT2D eigenvalue weighted by atomic mass is 9.97. The molecule has 1 saturated heterocycles. The maximum Gasteiger partial charge on any atom is 0.270 e. The van der Waals surface area contributed by atoms with Gasteiger partial charge in [-0.25, -0.2) is 4.98 Å². The van der Waals surface area contributed by atoms with Gasteiger partial charge in [0.2, 0.25) is 11.9 Å². The molecule has 158 valence electrons. The van der Waals surface area contributed by atoms with Crippen LogP contribution in [-0.4, -0.2) is 35.0 Å². The van der Waals surface area contributed by atoms with Gasteiger partial charge in [0, 0.05) is 30.1 Å². The summed E-state index contributed by atoms with van der Waals surface area (Å²) in [6.45, 7) is 7.50. The number of nitrogens with one attached hydrogen (secondary N) is 2. The number of carbonyl (C=O) groups is 1. The van der Waals surface area contributed by atoms with Crippen molar-refractivity contribution in [3.8, 4) is 11.1 Å². The number of carbonyl (C=O) groups excluding carboxylic acids is 1. The number of amides is 1. The molecule has 2 aromatic heterocycles. The average molecular weight is 425 g/mol. The van der Waals surface area contributed by atoms with Crippen LogP contribution in [0.5, 0.6) is 0 Å². The van der Waals surface area contributed by atoms with Crippen LogP contribution >= 0.6 is 11.3 Å². The molecule has 4 rings (SSSR count). The van der Waals surface area contributed by atoms with Crippen molar-refractivity contribution in [2.24, 2.45) is 5.92 Å². The summed E-state index contributed by atoms with van der Waals surface area (Å²) in [5.74, 6) is 0.557. The SMILES string of the molecule is CC[C@H](C)NC(=O)[C@@H]1CCCN(c2nc3c(-c4ccc(C)cc4)csc3c(=O)[nH]2)C1. The molecule has 1 amide bonds. The number of piperidine rings is 1. The van der Waals surface area contributed by atoms with E-state index < -0.39 is 0 Å². The molecule has 2 atom stereocenters. The zero-order valence-electron chi connectivity index (χ0n) is 17.7. The topological polar surface area (TPSA) is 78.1 Å². The summed E-state index contributed by atoms with van der Waals surface area (Å²) in [5.41, 5.74) is 3.84. The fraction of sp³-hybridized carbons (Fsp3) is 0.435. The second-order valence-corrected chi connectivity index (χ2v) is 9.07. The zero-order chi connectivity index (χ0) is 21.3. The van der Waals surface area contributed by atoms with E-state index in [4.69, 9.17) is 4.98 Å². The predicted octanol–water partition coefficient (Wildman–Crippen LogP) is 4.09. The molecule has 1 fully saturated rings. The van der Waals surface area contributed by atoms with Crippen molar-refractivity contribution >= 4 is 33.4 Å². The highest BCUT2D eigenvalue weighted by molar-refractivity contribution is 7.17. The van der Waals surface area contributed by atoms with Gasteiger partial charge in [-0.3, -0.25) is 14.6 Å². The summed E-state index contributed by atoms with van der Waals surface area (Å²) in [4.78, 5) is 35.2. The lowest BCUT2D eigenvalue weighted by Gasteiger charge is -2.32. The Labute approximate surface area is 180 Å². The van der Waals surface area contributed by atoms with Crippen molar-refractivity contribution in [2.45, 2.75) is 46.1 Å². The Morgan fingerprint density at radius 1 is 1.37 bits per heavy atom. The normalized spacial score (nSPS) is 17.8. The summed E-state index contributed by atoms with van der Waals surface area (Å²) in [6.07, 6.45) is 2.67. The molecule has 6 nitrogen and oxygen atoms in total. The van der Waals surface area contributed by atoms with Gasteiger partial charge in [0.15, 0.2) is 0 Å². The first-order chi connectivity index (χ1) is 14.5. The van der Waals surface area contributed by atoms with Gasteiger partial charge >= 0.3 is 0 Å². The Balaban J connectivity index is 1.64. The van der Waals surface area contributed by atoms with Crippen LogP contribution in [0.15, 0.2) is 34.4 Å². The molecule has 1 aliphatic heterocycles. The standard InChI is InChI=1S/C23H28N4O2S/c1-4-15(3)24-21(28)17-6-5-11-27(12-17)23-25-19-18(13-30-20(19)22(29)26-23)16-9-7-14(2)8-10-16/h7-10,13,15,17H,4-6,11-12H2,1-3H3,(H,24,28)(H,25,26,29)/t15-,17+/m0/s1. The van der Waals surface area contributed by atoms with Gasteiger partial charge in [0.05, 0.1) is 11.4 Å². The minimum absolute atomic E-state index is 0.0900. The molecule has 7 heteroatoms. The van der Waals surface area contributed by atoms with Crippen molar-refractivity contribution in [2.75, 3.05) is 18.0 Å². The predicted molar refractivity (Wildman–Crippen MR) is 123 cm³/mol. The number of aromatic amines is 1. The molecule has 0 aliphatic carbocycles. The Hall–Kier alpha value is -2.67. The molecule has 0 spiro atoms. The second-order valence-electron chi connectivity index (χ2n) is 8.19. The number of anilines is 1. The summed E-state index contributed by atoms with van der Waals surface area (Å²) < 4.78 is 0.636. The number of H-pyrrole nitrogens is 1. The summed E-state index contributed by atoms with van der Waals surface area (Å²) in [6, 6.07) is 8.44. The van der Waals surface area contributed by atoms with Crippen LogP contribution in [0.4, 0.5) is 5.95 Å². The van der Waals surface area contributed by atoms with Crippen molar-refractivity contribution in [1.29, 1.82) is 0 Å². The highest BCUT2D eigenvalue weighted by Crippen LogP contribution is 2.32. The third kappa shape index (κ3) is 4.12. The number of nitrogens with zero attached hydrogens (tertiary/aromatic N) is 2. The Bertz CT molecular complexity index is 1100. The first-order valence-corrected chi connectivity index (χ1v) is 11.5. The van der Waals surface area contributed by atoms with E-state index >= 15 is 0 Å². The van der Waals surface area contributed by atoms with Crippen molar-refractivity contribution < 1.29 is 4.79 Å². The highest BCUT2D eigenvalue weighted by atomic mass is 32.1. The number of rotatable bonds is 5. The Kier molecular flexibility index (Phi) is 5.90. The molecule has 3 heterocycles. The van der Waals surface area contributed by atoms with E-state index in [1.807, 2.05) is 17.2 Å². The maximum absolute atomic E-state index is 12.7. The van der Waals surface area contributed by atoms with E-state index in [0.717, 1.165) is 42.5 Å². The lowest BCUT2D eigenvalue weighted by molar-refractivity contribution is -0.125. The molecule has 0 saturated carbocycles. The number of hydrogen-bond donors (Lipinski definition) is 2. The number of aromatic nitrogens is 2. The molecular weight excluding hydrogens is 396 g/mol. The fourth-order valence-electron chi connectivity index (χ4n) is 3.85. The van der Waals surface area contributed by atoms with Crippen LogP contribution in [0.1, 0.15) is 38.7 Å². The minimum atomic E-state index is -0.121. The van der Waals surface area contributed by atoms with E-state index in [9.17, 15) is 9.59 Å². The van der Waals surface area contributed by atoms with E-state index in [0.29, 0.717) is 17.2 Å². The van der Waals surface area contributed by atoms with Crippen LogP contribution in [0.25, 0.3) is 21.3 Å². The number of hydrogen-bond acceptors (Lipinski definition) is 5. The van der Waals surface area contributed by atoms with Crippen molar-refractivity contribution in [3.63, 3.8) is 0 Å². The monoisotopic (exact) mass is 424 g/mol. The molecule has 30 heavy (non-hydrogen) atoms. The lowest BCUT2D eigenvalue weighted by Crippen LogP contribution is -2.46. The summed E-state index contributed by atoms with van der Waals surface area (Å²) in [7, 11) is 0.